The van der Waals surface area contributed by atoms with Crippen LogP contribution in [0.15, 0.2) is 35.7 Å². The van der Waals surface area contributed by atoms with E-state index in [2.05, 4.69) is 10.4 Å². The summed E-state index contributed by atoms with van der Waals surface area (Å²) < 4.78 is 2.78. The Morgan fingerprint density at radius 3 is 2.92 bits per heavy atom. The average molecular weight is 368 g/mol. The van der Waals surface area contributed by atoms with Crippen LogP contribution < -0.4 is 10.2 Å². The number of nitrogens with zero attached hydrogens (tertiary/aromatic N) is 3. The van der Waals surface area contributed by atoms with E-state index in [1.54, 1.807) is 9.58 Å². The van der Waals surface area contributed by atoms with Gasteiger partial charge in [0.15, 0.2) is 0 Å². The van der Waals surface area contributed by atoms with Crippen LogP contribution in [0.4, 0.5) is 5.82 Å². The molecular formula is C19H20N4O2S. The molecular weight excluding hydrogens is 348 g/mol. The molecule has 26 heavy (non-hydrogen) atoms. The summed E-state index contributed by atoms with van der Waals surface area (Å²) in [5.41, 5.74) is 1.50. The van der Waals surface area contributed by atoms with Crippen LogP contribution in [0, 0.1) is 6.92 Å². The van der Waals surface area contributed by atoms with Gasteiger partial charge in [-0.1, -0.05) is 18.2 Å². The zero-order valence-electron chi connectivity index (χ0n) is 14.7. The van der Waals surface area contributed by atoms with Gasteiger partial charge in [-0.15, -0.1) is 11.3 Å². The number of thiophene rings is 1. The summed E-state index contributed by atoms with van der Waals surface area (Å²) in [6.45, 7) is 2.55. The fourth-order valence-corrected chi connectivity index (χ4v) is 4.42. The number of aryl methyl sites for hydroxylation is 2. The molecule has 4 rings (SSSR count). The molecule has 1 aliphatic rings. The van der Waals surface area contributed by atoms with Crippen molar-refractivity contribution in [2.75, 3.05) is 11.4 Å². The fraction of sp³-hybridized carbons (Fsp3) is 0.316. The quantitative estimate of drug-likeness (QED) is 0.773. The monoisotopic (exact) mass is 368 g/mol. The lowest BCUT2D eigenvalue weighted by Crippen LogP contribution is -2.52. The van der Waals surface area contributed by atoms with Crippen LogP contribution in [-0.2, 0) is 11.8 Å². The number of fused-ring (bicyclic) bond motifs is 1. The maximum atomic E-state index is 12.9. The highest BCUT2D eigenvalue weighted by atomic mass is 32.1. The lowest BCUT2D eigenvalue weighted by atomic mass is 10.0. The van der Waals surface area contributed by atoms with Gasteiger partial charge in [-0.3, -0.25) is 19.2 Å². The number of carbonyl (C=O) groups is 2. The maximum absolute atomic E-state index is 12.9. The van der Waals surface area contributed by atoms with Crippen molar-refractivity contribution in [1.82, 2.24) is 15.1 Å². The topological polar surface area (TPSA) is 67.2 Å². The molecule has 6 nitrogen and oxygen atoms in total. The number of aromatic nitrogens is 2. The first kappa shape index (κ1) is 16.8. The van der Waals surface area contributed by atoms with Crippen molar-refractivity contribution in [3.05, 3.63) is 47.0 Å². The smallest absolute Gasteiger partial charge is 0.253 e. The average Bonchev–Trinajstić information content (AvgIpc) is 3.19. The summed E-state index contributed by atoms with van der Waals surface area (Å²) in [6.07, 6.45) is 1.49. The minimum absolute atomic E-state index is 0.0767. The normalized spacial score (nSPS) is 17.7. The number of anilines is 1. The van der Waals surface area contributed by atoms with Crippen molar-refractivity contribution in [3.8, 4) is 0 Å². The molecule has 7 heteroatoms. The molecule has 2 amide bonds. The van der Waals surface area contributed by atoms with Gasteiger partial charge in [0.2, 0.25) is 0 Å². The van der Waals surface area contributed by atoms with Gasteiger partial charge in [-0.05, 0) is 25.8 Å². The Balaban J connectivity index is 1.55. The third-order valence-corrected chi connectivity index (χ3v) is 5.69. The van der Waals surface area contributed by atoms with Gasteiger partial charge in [-0.2, -0.15) is 5.10 Å². The van der Waals surface area contributed by atoms with Crippen LogP contribution in [0.1, 0.15) is 28.9 Å². The number of hydrogen-bond donors (Lipinski definition) is 1. The number of piperidine rings is 1. The summed E-state index contributed by atoms with van der Waals surface area (Å²) in [5.74, 6) is 0.503. The first-order chi connectivity index (χ1) is 12.5. The van der Waals surface area contributed by atoms with E-state index in [1.807, 2.05) is 49.7 Å². The van der Waals surface area contributed by atoms with Gasteiger partial charge < -0.3 is 5.32 Å². The van der Waals surface area contributed by atoms with Crippen molar-refractivity contribution in [1.29, 1.82) is 0 Å². The molecule has 0 spiro atoms. The van der Waals surface area contributed by atoms with E-state index < -0.39 is 6.04 Å². The van der Waals surface area contributed by atoms with Crippen molar-refractivity contribution in [3.63, 3.8) is 0 Å². The van der Waals surface area contributed by atoms with Crippen LogP contribution in [0.2, 0.25) is 0 Å². The van der Waals surface area contributed by atoms with E-state index in [0.717, 1.165) is 28.0 Å². The van der Waals surface area contributed by atoms with Crippen LogP contribution in [0.3, 0.4) is 0 Å². The van der Waals surface area contributed by atoms with E-state index in [1.165, 1.54) is 11.3 Å². The molecule has 0 aliphatic carbocycles. The molecule has 3 aromatic rings. The molecule has 2 aromatic heterocycles. The number of carbonyl (C=O) groups excluding carboxylic acids is 2. The molecule has 1 unspecified atom stereocenters. The number of nitrogens with one attached hydrogen (secondary N) is 1. The largest absolute Gasteiger partial charge is 0.340 e. The van der Waals surface area contributed by atoms with Crippen molar-refractivity contribution >= 4 is 39.1 Å². The number of amides is 2. The van der Waals surface area contributed by atoms with Gasteiger partial charge in [0.1, 0.15) is 11.9 Å². The van der Waals surface area contributed by atoms with E-state index in [4.69, 9.17) is 0 Å². The van der Waals surface area contributed by atoms with Gasteiger partial charge in [0.25, 0.3) is 11.8 Å². The summed E-state index contributed by atoms with van der Waals surface area (Å²) in [5, 5.41) is 10.0. The van der Waals surface area contributed by atoms with E-state index in [-0.39, 0.29) is 11.8 Å². The summed E-state index contributed by atoms with van der Waals surface area (Å²) in [4.78, 5) is 27.4. The summed E-state index contributed by atoms with van der Waals surface area (Å²) in [7, 11) is 1.83. The lowest BCUT2D eigenvalue weighted by Gasteiger charge is -2.32. The van der Waals surface area contributed by atoms with Crippen molar-refractivity contribution in [2.24, 2.45) is 7.05 Å². The fourth-order valence-electron chi connectivity index (χ4n) is 3.48. The van der Waals surface area contributed by atoms with Gasteiger partial charge >= 0.3 is 0 Å². The molecule has 1 N–H and O–H groups in total. The Morgan fingerprint density at radius 2 is 2.15 bits per heavy atom. The second kappa shape index (κ2) is 6.57. The second-order valence-corrected chi connectivity index (χ2v) is 7.48. The molecule has 134 valence electrons. The molecule has 0 saturated carbocycles. The first-order valence-corrected chi connectivity index (χ1v) is 9.51. The minimum Gasteiger partial charge on any atom is -0.340 e. The predicted molar refractivity (Wildman–Crippen MR) is 103 cm³/mol. The van der Waals surface area contributed by atoms with Gasteiger partial charge in [0, 0.05) is 35.1 Å². The van der Waals surface area contributed by atoms with Crippen molar-refractivity contribution in [2.45, 2.75) is 25.8 Å². The Hall–Kier alpha value is -2.67. The maximum Gasteiger partial charge on any atom is 0.253 e. The Labute approximate surface area is 155 Å². The second-order valence-electron chi connectivity index (χ2n) is 6.57. The molecule has 1 saturated heterocycles. The number of rotatable bonds is 3. The van der Waals surface area contributed by atoms with Crippen LogP contribution in [0.25, 0.3) is 10.1 Å². The molecule has 1 fully saturated rings. The summed E-state index contributed by atoms with van der Waals surface area (Å²) >= 11 is 1.54. The molecule has 1 atom stereocenters. The Morgan fingerprint density at radius 1 is 1.35 bits per heavy atom. The highest BCUT2D eigenvalue weighted by Crippen LogP contribution is 2.26. The van der Waals surface area contributed by atoms with Gasteiger partial charge in [0.05, 0.1) is 11.3 Å². The molecule has 1 aliphatic heterocycles. The third-order valence-electron chi connectivity index (χ3n) is 4.72. The zero-order valence-corrected chi connectivity index (χ0v) is 15.5. The minimum atomic E-state index is -0.509. The SMILES string of the molecule is Cc1cc(N2CCCC(NC(=O)c3csc4ccccc34)C2=O)n(C)n1. The lowest BCUT2D eigenvalue weighted by molar-refractivity contribution is -0.121. The van der Waals surface area contributed by atoms with E-state index in [9.17, 15) is 9.59 Å². The van der Waals surface area contributed by atoms with Crippen LogP contribution >= 0.6 is 11.3 Å². The Bertz CT molecular complexity index is 991. The number of hydrogen-bond acceptors (Lipinski definition) is 4. The van der Waals surface area contributed by atoms with E-state index in [0.29, 0.717) is 18.5 Å². The Kier molecular flexibility index (Phi) is 4.24. The van der Waals surface area contributed by atoms with Gasteiger partial charge in [-0.25, -0.2) is 0 Å². The predicted octanol–water partition coefficient (Wildman–Crippen LogP) is 2.87. The highest BCUT2D eigenvalue weighted by Gasteiger charge is 2.32. The summed E-state index contributed by atoms with van der Waals surface area (Å²) in [6, 6.07) is 9.20. The highest BCUT2D eigenvalue weighted by molar-refractivity contribution is 7.17. The third kappa shape index (κ3) is 2.88. The molecule has 1 aromatic carbocycles. The van der Waals surface area contributed by atoms with E-state index >= 15 is 0 Å². The van der Waals surface area contributed by atoms with Crippen molar-refractivity contribution < 1.29 is 9.59 Å². The zero-order chi connectivity index (χ0) is 18.3. The molecule has 3 heterocycles. The number of benzene rings is 1. The molecule has 0 radical (unpaired) electrons. The van der Waals surface area contributed by atoms with Crippen LogP contribution in [-0.4, -0.2) is 34.2 Å². The first-order valence-electron chi connectivity index (χ1n) is 8.63. The van der Waals surface area contributed by atoms with Crippen LogP contribution in [0.5, 0.6) is 0 Å². The molecule has 0 bridgehead atoms. The standard InChI is InChI=1S/C19H20N4O2S/c1-12-10-17(22(2)21-12)23-9-5-7-15(19(23)25)20-18(24)14-11-26-16-8-4-3-6-13(14)16/h3-4,6,8,10-11,15H,5,7,9H2,1-2H3,(H,20,24).